The monoisotopic (exact) mass is 288 g/mol. The number of likely N-dealkylation sites (N-methyl/N-ethyl adjacent to an activating group) is 1. The number of aromatic nitrogens is 3. The molecule has 0 N–H and O–H groups in total. The zero-order valence-corrected chi connectivity index (χ0v) is 12.2. The van der Waals surface area contributed by atoms with Crippen LogP contribution in [0.2, 0.25) is 0 Å². The topological polar surface area (TPSA) is 64.3 Å². The lowest BCUT2D eigenvalue weighted by Crippen LogP contribution is -2.33. The number of nitrogens with zero attached hydrogens (tertiary/aromatic N) is 4. The summed E-state index contributed by atoms with van der Waals surface area (Å²) in [5, 5.41) is 4.00. The molecule has 0 bridgehead atoms. The molecule has 2 aromatic rings. The minimum atomic E-state index is 0.324. The van der Waals surface area contributed by atoms with E-state index in [1.165, 1.54) is 12.8 Å². The average molecular weight is 288 g/mol. The van der Waals surface area contributed by atoms with E-state index in [0.717, 1.165) is 25.1 Å². The van der Waals surface area contributed by atoms with Crippen molar-refractivity contribution in [3.63, 3.8) is 0 Å². The summed E-state index contributed by atoms with van der Waals surface area (Å²) in [6, 6.07) is 3.78. The van der Waals surface area contributed by atoms with Crippen molar-refractivity contribution in [1.82, 2.24) is 20.0 Å². The summed E-state index contributed by atoms with van der Waals surface area (Å²) in [5.41, 5.74) is 0.866. The average Bonchev–Trinajstić information content (AvgIpc) is 2.97. The van der Waals surface area contributed by atoms with Crippen molar-refractivity contribution in [3.8, 4) is 11.4 Å². The van der Waals surface area contributed by atoms with Crippen LogP contribution in [0.5, 0.6) is 0 Å². The van der Waals surface area contributed by atoms with Gasteiger partial charge in [0, 0.05) is 31.1 Å². The molecule has 3 heterocycles. The Morgan fingerprint density at radius 1 is 1.38 bits per heavy atom. The molecule has 1 fully saturated rings. The van der Waals surface area contributed by atoms with Gasteiger partial charge in [-0.3, -0.25) is 9.88 Å². The van der Waals surface area contributed by atoms with Gasteiger partial charge in [-0.25, -0.2) is 0 Å². The van der Waals surface area contributed by atoms with Crippen molar-refractivity contribution in [2.24, 2.45) is 0 Å². The molecule has 1 saturated heterocycles. The maximum absolute atomic E-state index is 5.74. The van der Waals surface area contributed by atoms with Crippen LogP contribution in [0.15, 0.2) is 29.0 Å². The Hall–Kier alpha value is -1.79. The largest absolute Gasteiger partial charge is 0.377 e. The lowest BCUT2D eigenvalue weighted by Gasteiger charge is -2.26. The van der Waals surface area contributed by atoms with Gasteiger partial charge in [-0.15, -0.1) is 0 Å². The minimum Gasteiger partial charge on any atom is -0.377 e. The van der Waals surface area contributed by atoms with E-state index in [-0.39, 0.29) is 0 Å². The van der Waals surface area contributed by atoms with Crippen LogP contribution in [0.4, 0.5) is 0 Å². The lowest BCUT2D eigenvalue weighted by molar-refractivity contribution is -0.00382. The van der Waals surface area contributed by atoms with Gasteiger partial charge in [0.2, 0.25) is 11.7 Å². The van der Waals surface area contributed by atoms with E-state index in [9.17, 15) is 0 Å². The van der Waals surface area contributed by atoms with E-state index in [4.69, 9.17) is 9.26 Å². The van der Waals surface area contributed by atoms with Gasteiger partial charge in [0.25, 0.3) is 0 Å². The molecule has 1 aliphatic rings. The molecule has 6 heteroatoms. The summed E-state index contributed by atoms with van der Waals surface area (Å²) < 4.78 is 11.1. The van der Waals surface area contributed by atoms with Crippen molar-refractivity contribution in [3.05, 3.63) is 30.4 Å². The summed E-state index contributed by atoms with van der Waals surface area (Å²) in [4.78, 5) is 10.6. The van der Waals surface area contributed by atoms with Gasteiger partial charge in [0.15, 0.2) is 0 Å². The molecular weight excluding hydrogens is 268 g/mol. The Morgan fingerprint density at radius 2 is 2.33 bits per heavy atom. The molecule has 6 nitrogen and oxygen atoms in total. The molecule has 0 aliphatic carbocycles. The summed E-state index contributed by atoms with van der Waals surface area (Å²) in [6.07, 6.45) is 7.35. The zero-order chi connectivity index (χ0) is 14.5. The molecule has 0 spiro atoms. The van der Waals surface area contributed by atoms with Crippen molar-refractivity contribution in [1.29, 1.82) is 0 Å². The fourth-order valence-electron chi connectivity index (χ4n) is 2.53. The van der Waals surface area contributed by atoms with Crippen molar-refractivity contribution < 1.29 is 9.26 Å². The maximum Gasteiger partial charge on any atom is 0.241 e. The highest BCUT2D eigenvalue weighted by molar-refractivity contribution is 5.51. The predicted octanol–water partition coefficient (Wildman–Crippen LogP) is 2.13. The van der Waals surface area contributed by atoms with Crippen LogP contribution in [-0.2, 0) is 11.3 Å². The molecule has 21 heavy (non-hydrogen) atoms. The molecule has 1 aliphatic heterocycles. The third-order valence-corrected chi connectivity index (χ3v) is 3.58. The number of pyridine rings is 1. The molecule has 0 radical (unpaired) electrons. The van der Waals surface area contributed by atoms with Gasteiger partial charge >= 0.3 is 0 Å². The highest BCUT2D eigenvalue weighted by Crippen LogP contribution is 2.16. The molecule has 112 valence electrons. The Kier molecular flexibility index (Phi) is 4.57. The lowest BCUT2D eigenvalue weighted by atomic mass is 10.1. The number of rotatable bonds is 5. The van der Waals surface area contributed by atoms with E-state index < -0.39 is 0 Å². The van der Waals surface area contributed by atoms with Crippen molar-refractivity contribution >= 4 is 0 Å². The highest BCUT2D eigenvalue weighted by Gasteiger charge is 2.17. The summed E-state index contributed by atoms with van der Waals surface area (Å²) in [7, 11) is 2.05. The van der Waals surface area contributed by atoms with Gasteiger partial charge in [-0.2, -0.15) is 4.98 Å². The molecule has 2 aromatic heterocycles. The smallest absolute Gasteiger partial charge is 0.241 e. The first kappa shape index (κ1) is 14.2. The van der Waals surface area contributed by atoms with E-state index in [2.05, 4.69) is 20.0 Å². The van der Waals surface area contributed by atoms with Crippen LogP contribution in [0.1, 0.15) is 25.2 Å². The Bertz CT molecular complexity index is 552. The molecule has 0 saturated carbocycles. The first-order valence-corrected chi connectivity index (χ1v) is 7.34. The molecule has 1 unspecified atom stereocenters. The summed E-state index contributed by atoms with van der Waals surface area (Å²) in [5.74, 6) is 1.20. The van der Waals surface area contributed by atoms with Crippen LogP contribution in [0.3, 0.4) is 0 Å². The third-order valence-electron chi connectivity index (χ3n) is 3.58. The molecule has 0 amide bonds. The standard InChI is InChI=1S/C15H20N4O2/c1-19(10-13-6-2-3-8-20-13)11-14-17-15(18-21-14)12-5-4-7-16-9-12/h4-5,7,9,13H,2-3,6,8,10-11H2,1H3. The second kappa shape index (κ2) is 6.78. The van der Waals surface area contributed by atoms with Crippen LogP contribution >= 0.6 is 0 Å². The summed E-state index contributed by atoms with van der Waals surface area (Å²) in [6.45, 7) is 2.40. The molecule has 0 aromatic carbocycles. The SMILES string of the molecule is CN(Cc1nc(-c2cccnc2)no1)CC1CCCCO1. The molecular formula is C15H20N4O2. The van der Waals surface area contributed by atoms with Crippen molar-refractivity contribution in [2.45, 2.75) is 31.9 Å². The van der Waals surface area contributed by atoms with Crippen LogP contribution in [-0.4, -0.2) is 46.3 Å². The number of ether oxygens (including phenoxy) is 1. The fourth-order valence-corrected chi connectivity index (χ4v) is 2.53. The van der Waals surface area contributed by atoms with Gasteiger partial charge in [-0.1, -0.05) is 5.16 Å². The summed E-state index contributed by atoms with van der Waals surface area (Å²) >= 11 is 0. The van der Waals surface area contributed by atoms with E-state index >= 15 is 0 Å². The fraction of sp³-hybridized carbons (Fsp3) is 0.533. The number of hydrogen-bond donors (Lipinski definition) is 0. The van der Waals surface area contributed by atoms with Gasteiger partial charge in [0.1, 0.15) is 0 Å². The predicted molar refractivity (Wildman–Crippen MR) is 77.5 cm³/mol. The second-order valence-corrected chi connectivity index (χ2v) is 5.44. The van der Waals surface area contributed by atoms with Crippen molar-refractivity contribution in [2.75, 3.05) is 20.2 Å². The van der Waals surface area contributed by atoms with E-state index in [1.807, 2.05) is 19.2 Å². The van der Waals surface area contributed by atoms with E-state index in [0.29, 0.717) is 24.4 Å². The zero-order valence-electron chi connectivity index (χ0n) is 12.2. The highest BCUT2D eigenvalue weighted by atomic mass is 16.5. The first-order chi connectivity index (χ1) is 10.3. The Balaban J connectivity index is 1.56. The normalized spacial score (nSPS) is 19.0. The number of hydrogen-bond acceptors (Lipinski definition) is 6. The van der Waals surface area contributed by atoms with Crippen LogP contribution in [0, 0.1) is 0 Å². The second-order valence-electron chi connectivity index (χ2n) is 5.44. The third kappa shape index (κ3) is 3.86. The maximum atomic E-state index is 5.74. The quantitative estimate of drug-likeness (QED) is 0.840. The Morgan fingerprint density at radius 3 is 3.10 bits per heavy atom. The van der Waals surface area contributed by atoms with Crippen LogP contribution < -0.4 is 0 Å². The van der Waals surface area contributed by atoms with Gasteiger partial charge < -0.3 is 9.26 Å². The molecule has 3 rings (SSSR count). The van der Waals surface area contributed by atoms with Gasteiger partial charge in [0.05, 0.1) is 12.6 Å². The van der Waals surface area contributed by atoms with Gasteiger partial charge in [-0.05, 0) is 38.4 Å². The minimum absolute atomic E-state index is 0.324. The first-order valence-electron chi connectivity index (χ1n) is 7.34. The molecule has 1 atom stereocenters. The Labute approximate surface area is 124 Å². The van der Waals surface area contributed by atoms with Crippen LogP contribution in [0.25, 0.3) is 11.4 Å². The van der Waals surface area contributed by atoms with E-state index in [1.54, 1.807) is 12.4 Å².